The highest BCUT2D eigenvalue weighted by molar-refractivity contribution is 5.91. The number of likely N-dealkylation sites (tertiary alicyclic amines) is 1. The van der Waals surface area contributed by atoms with Gasteiger partial charge in [0, 0.05) is 12.5 Å². The largest absolute Gasteiger partial charge is 0.321 e. The number of carbonyl (C=O) groups is 1. The van der Waals surface area contributed by atoms with Gasteiger partial charge in [-0.3, -0.25) is 4.79 Å². The van der Waals surface area contributed by atoms with Gasteiger partial charge < -0.3 is 10.2 Å². The Hall–Kier alpha value is -1.49. The fraction of sp³-hybridized carbons (Fsp3) is 0.500. The van der Waals surface area contributed by atoms with E-state index in [-0.39, 0.29) is 24.1 Å². The lowest BCUT2D eigenvalue weighted by Crippen LogP contribution is -2.38. The van der Waals surface area contributed by atoms with Crippen molar-refractivity contribution < 1.29 is 13.6 Å². The minimum absolute atomic E-state index is 0.156. The lowest BCUT2D eigenvalue weighted by atomic mass is 10.00. The SMILES string of the molecule is CN1CCCCC1CC(=O)Nc1c(F)cccc1F. The lowest BCUT2D eigenvalue weighted by molar-refractivity contribution is -0.117. The summed E-state index contributed by atoms with van der Waals surface area (Å²) in [6.45, 7) is 0.964. The maximum absolute atomic E-state index is 13.4. The predicted molar refractivity (Wildman–Crippen MR) is 69.9 cm³/mol. The highest BCUT2D eigenvalue weighted by atomic mass is 19.1. The van der Waals surface area contributed by atoms with Crippen molar-refractivity contribution in [1.29, 1.82) is 0 Å². The Bertz CT molecular complexity index is 445. The fourth-order valence-corrected chi connectivity index (χ4v) is 2.42. The van der Waals surface area contributed by atoms with Crippen molar-refractivity contribution in [2.75, 3.05) is 18.9 Å². The van der Waals surface area contributed by atoms with Crippen LogP contribution in [0.25, 0.3) is 0 Å². The third-order valence-corrected chi connectivity index (χ3v) is 3.57. The van der Waals surface area contributed by atoms with Gasteiger partial charge >= 0.3 is 0 Å². The van der Waals surface area contributed by atoms with E-state index < -0.39 is 11.6 Å². The molecular formula is C14H18F2N2O. The van der Waals surface area contributed by atoms with Crippen molar-refractivity contribution in [3.8, 4) is 0 Å². The van der Waals surface area contributed by atoms with Crippen LogP contribution in [-0.4, -0.2) is 30.4 Å². The average Bonchev–Trinajstić information content (AvgIpc) is 2.37. The summed E-state index contributed by atoms with van der Waals surface area (Å²) in [6, 6.07) is 3.69. The topological polar surface area (TPSA) is 32.3 Å². The Kier molecular flexibility index (Phi) is 4.47. The molecule has 104 valence electrons. The maximum atomic E-state index is 13.4. The lowest BCUT2D eigenvalue weighted by Gasteiger charge is -2.31. The Morgan fingerprint density at radius 3 is 2.68 bits per heavy atom. The van der Waals surface area contributed by atoms with Crippen LogP contribution in [0.1, 0.15) is 25.7 Å². The van der Waals surface area contributed by atoms with Crippen LogP contribution < -0.4 is 5.32 Å². The molecule has 1 aromatic carbocycles. The van der Waals surface area contributed by atoms with Crippen LogP contribution in [-0.2, 0) is 4.79 Å². The molecule has 1 N–H and O–H groups in total. The van der Waals surface area contributed by atoms with E-state index in [0.717, 1.165) is 37.9 Å². The smallest absolute Gasteiger partial charge is 0.226 e. The highest BCUT2D eigenvalue weighted by Crippen LogP contribution is 2.21. The van der Waals surface area contributed by atoms with Gasteiger partial charge in [0.1, 0.15) is 17.3 Å². The molecule has 0 saturated carbocycles. The molecule has 1 saturated heterocycles. The van der Waals surface area contributed by atoms with Crippen LogP contribution in [0.15, 0.2) is 18.2 Å². The average molecular weight is 268 g/mol. The molecule has 19 heavy (non-hydrogen) atoms. The van der Waals surface area contributed by atoms with Crippen LogP contribution in [0.5, 0.6) is 0 Å². The van der Waals surface area contributed by atoms with E-state index in [1.165, 1.54) is 6.07 Å². The molecule has 1 atom stereocenters. The number of halogens is 2. The van der Waals surface area contributed by atoms with E-state index in [0.29, 0.717) is 0 Å². The number of nitrogens with zero attached hydrogens (tertiary/aromatic N) is 1. The molecule has 1 heterocycles. The number of para-hydroxylation sites is 1. The fourth-order valence-electron chi connectivity index (χ4n) is 2.42. The molecule has 3 nitrogen and oxygen atoms in total. The molecular weight excluding hydrogens is 250 g/mol. The van der Waals surface area contributed by atoms with E-state index in [2.05, 4.69) is 10.2 Å². The Morgan fingerprint density at radius 1 is 1.37 bits per heavy atom. The van der Waals surface area contributed by atoms with Gasteiger partial charge in [-0.25, -0.2) is 8.78 Å². The van der Waals surface area contributed by atoms with Gasteiger partial charge in [-0.1, -0.05) is 12.5 Å². The number of amides is 1. The number of anilines is 1. The van der Waals surface area contributed by atoms with Crippen molar-refractivity contribution in [2.24, 2.45) is 0 Å². The van der Waals surface area contributed by atoms with Crippen LogP contribution >= 0.6 is 0 Å². The minimum atomic E-state index is -0.745. The molecule has 0 aliphatic carbocycles. The van der Waals surface area contributed by atoms with E-state index in [1.807, 2.05) is 7.05 Å². The molecule has 5 heteroatoms. The van der Waals surface area contributed by atoms with Gasteiger partial charge in [0.25, 0.3) is 0 Å². The van der Waals surface area contributed by atoms with Gasteiger partial charge in [-0.15, -0.1) is 0 Å². The van der Waals surface area contributed by atoms with E-state index in [4.69, 9.17) is 0 Å². The third kappa shape index (κ3) is 3.50. The maximum Gasteiger partial charge on any atom is 0.226 e. The van der Waals surface area contributed by atoms with E-state index in [1.54, 1.807) is 0 Å². The van der Waals surface area contributed by atoms with Crippen LogP contribution in [0, 0.1) is 11.6 Å². The van der Waals surface area contributed by atoms with Crippen molar-refractivity contribution in [1.82, 2.24) is 4.90 Å². The number of benzene rings is 1. The molecule has 1 amide bonds. The number of piperidine rings is 1. The Morgan fingerprint density at radius 2 is 2.05 bits per heavy atom. The van der Waals surface area contributed by atoms with Gasteiger partial charge in [0.05, 0.1) is 0 Å². The summed E-state index contributed by atoms with van der Waals surface area (Å²) in [5.74, 6) is -1.83. The first-order chi connectivity index (χ1) is 9.08. The molecule has 0 aromatic heterocycles. The normalized spacial score (nSPS) is 20.3. The Balaban J connectivity index is 1.97. The zero-order chi connectivity index (χ0) is 13.8. The number of hydrogen-bond donors (Lipinski definition) is 1. The van der Waals surface area contributed by atoms with E-state index >= 15 is 0 Å². The van der Waals surface area contributed by atoms with Crippen molar-refractivity contribution >= 4 is 11.6 Å². The summed E-state index contributed by atoms with van der Waals surface area (Å²) in [4.78, 5) is 14.0. The predicted octanol–water partition coefficient (Wildman–Crippen LogP) is 2.78. The second-order valence-electron chi connectivity index (χ2n) is 4.98. The summed E-state index contributed by atoms with van der Waals surface area (Å²) in [7, 11) is 1.97. The zero-order valence-electron chi connectivity index (χ0n) is 11.0. The quantitative estimate of drug-likeness (QED) is 0.914. The summed E-state index contributed by atoms with van der Waals surface area (Å²) in [5, 5.41) is 2.33. The third-order valence-electron chi connectivity index (χ3n) is 3.57. The molecule has 0 spiro atoms. The number of rotatable bonds is 3. The number of hydrogen-bond acceptors (Lipinski definition) is 2. The van der Waals surface area contributed by atoms with Crippen LogP contribution in [0.2, 0.25) is 0 Å². The number of nitrogens with one attached hydrogen (secondary N) is 1. The molecule has 1 unspecified atom stereocenters. The molecule has 0 radical (unpaired) electrons. The standard InChI is InChI=1S/C14H18F2N2O/c1-18-8-3-2-5-10(18)9-13(19)17-14-11(15)6-4-7-12(14)16/h4,6-7,10H,2-3,5,8-9H2,1H3,(H,17,19). The molecule has 1 aliphatic heterocycles. The van der Waals surface area contributed by atoms with Crippen LogP contribution in [0.3, 0.4) is 0 Å². The van der Waals surface area contributed by atoms with Gasteiger partial charge in [0.15, 0.2) is 0 Å². The van der Waals surface area contributed by atoms with Crippen LogP contribution in [0.4, 0.5) is 14.5 Å². The van der Waals surface area contributed by atoms with Crippen molar-refractivity contribution in [2.45, 2.75) is 31.7 Å². The molecule has 0 bridgehead atoms. The summed E-state index contributed by atoms with van der Waals surface area (Å²) < 4.78 is 26.8. The Labute approximate surface area is 111 Å². The second kappa shape index (κ2) is 6.10. The first-order valence-electron chi connectivity index (χ1n) is 6.52. The van der Waals surface area contributed by atoms with Crippen molar-refractivity contribution in [3.63, 3.8) is 0 Å². The van der Waals surface area contributed by atoms with Gasteiger partial charge in [-0.2, -0.15) is 0 Å². The minimum Gasteiger partial charge on any atom is -0.321 e. The van der Waals surface area contributed by atoms with Crippen molar-refractivity contribution in [3.05, 3.63) is 29.8 Å². The molecule has 2 rings (SSSR count). The molecule has 1 fully saturated rings. The first kappa shape index (κ1) is 13.9. The molecule has 1 aliphatic rings. The highest BCUT2D eigenvalue weighted by Gasteiger charge is 2.22. The second-order valence-corrected chi connectivity index (χ2v) is 4.98. The van der Waals surface area contributed by atoms with Gasteiger partial charge in [-0.05, 0) is 38.6 Å². The van der Waals surface area contributed by atoms with E-state index in [9.17, 15) is 13.6 Å². The molecule has 1 aromatic rings. The number of carbonyl (C=O) groups excluding carboxylic acids is 1. The van der Waals surface area contributed by atoms with Gasteiger partial charge in [0.2, 0.25) is 5.91 Å². The summed E-state index contributed by atoms with van der Waals surface area (Å²) >= 11 is 0. The zero-order valence-corrected chi connectivity index (χ0v) is 11.0. The monoisotopic (exact) mass is 268 g/mol. The first-order valence-corrected chi connectivity index (χ1v) is 6.52. The summed E-state index contributed by atoms with van der Waals surface area (Å²) in [5.41, 5.74) is -0.356. The summed E-state index contributed by atoms with van der Waals surface area (Å²) in [6.07, 6.45) is 3.45.